The van der Waals surface area contributed by atoms with Gasteiger partial charge in [-0.15, -0.1) is 0 Å². The molecule has 5 nitrogen and oxygen atoms in total. The number of hydrogen-bond acceptors (Lipinski definition) is 3. The Morgan fingerprint density at radius 3 is 3.19 bits per heavy atom. The molecule has 1 saturated heterocycles. The Hall–Kier alpha value is -0.880. The Bertz CT molecular complexity index is 380. The van der Waals surface area contributed by atoms with E-state index in [-0.39, 0.29) is 11.9 Å². The van der Waals surface area contributed by atoms with Crippen molar-refractivity contribution < 1.29 is 9.53 Å². The Labute approximate surface area is 102 Å². The predicted octanol–water partition coefficient (Wildman–Crippen LogP) is 0.656. The molecule has 2 rings (SSSR count). The number of carbonyl (C=O) groups is 1. The quantitative estimate of drug-likeness (QED) is 0.751. The predicted molar refractivity (Wildman–Crippen MR) is 62.6 cm³/mol. The van der Waals surface area contributed by atoms with E-state index in [1.807, 2.05) is 4.90 Å². The molecule has 1 aliphatic heterocycles. The van der Waals surface area contributed by atoms with Gasteiger partial charge in [-0.1, -0.05) is 15.9 Å². The van der Waals surface area contributed by atoms with Crippen molar-refractivity contribution in [2.24, 2.45) is 7.05 Å². The molecule has 1 unspecified atom stereocenters. The van der Waals surface area contributed by atoms with Gasteiger partial charge in [-0.2, -0.15) is 5.10 Å². The number of morpholine rings is 1. The van der Waals surface area contributed by atoms with Crippen LogP contribution in [0.15, 0.2) is 12.4 Å². The average Bonchev–Trinajstić information content (AvgIpc) is 2.75. The zero-order valence-electron chi connectivity index (χ0n) is 9.10. The van der Waals surface area contributed by atoms with Gasteiger partial charge >= 0.3 is 0 Å². The third-order valence-electron chi connectivity index (χ3n) is 2.62. The number of nitrogens with zero attached hydrogens (tertiary/aromatic N) is 3. The lowest BCUT2D eigenvalue weighted by Crippen LogP contribution is -2.49. The van der Waals surface area contributed by atoms with Crippen LogP contribution in [0.3, 0.4) is 0 Å². The second-order valence-corrected chi connectivity index (χ2v) is 4.43. The number of aryl methyl sites for hydroxylation is 1. The lowest BCUT2D eigenvalue weighted by Gasteiger charge is -2.34. The van der Waals surface area contributed by atoms with Crippen LogP contribution in [0.25, 0.3) is 0 Å². The van der Waals surface area contributed by atoms with Crippen LogP contribution in [0.1, 0.15) is 10.4 Å². The summed E-state index contributed by atoms with van der Waals surface area (Å²) in [6.45, 7) is 1.84. The number of ether oxygens (including phenoxy) is 1. The standard InChI is InChI=1S/C10H14BrN3O2/c1-13-6-8(5-12-13)10(15)14-2-3-16-7-9(14)4-11/h5-6,9H,2-4,7H2,1H3. The maximum absolute atomic E-state index is 12.2. The molecule has 1 aliphatic rings. The van der Waals surface area contributed by atoms with E-state index in [2.05, 4.69) is 21.0 Å². The topological polar surface area (TPSA) is 47.4 Å². The van der Waals surface area contributed by atoms with Crippen molar-refractivity contribution >= 4 is 21.8 Å². The third-order valence-corrected chi connectivity index (χ3v) is 3.37. The van der Waals surface area contributed by atoms with Crippen LogP contribution in [0.4, 0.5) is 0 Å². The lowest BCUT2D eigenvalue weighted by molar-refractivity contribution is 0.00524. The third kappa shape index (κ3) is 2.27. The highest BCUT2D eigenvalue weighted by Gasteiger charge is 2.27. The number of rotatable bonds is 2. The molecule has 0 N–H and O–H groups in total. The first-order chi connectivity index (χ1) is 7.72. The molecule has 0 bridgehead atoms. The van der Waals surface area contributed by atoms with Gasteiger partial charge in [0.2, 0.25) is 0 Å². The number of halogens is 1. The van der Waals surface area contributed by atoms with E-state index in [4.69, 9.17) is 4.74 Å². The molecule has 1 fully saturated rings. The molecule has 0 aromatic carbocycles. The van der Waals surface area contributed by atoms with Gasteiger partial charge in [0.05, 0.1) is 31.0 Å². The normalized spacial score (nSPS) is 21.1. The van der Waals surface area contributed by atoms with Gasteiger partial charge in [0.15, 0.2) is 0 Å². The van der Waals surface area contributed by atoms with Crippen molar-refractivity contribution in [1.82, 2.24) is 14.7 Å². The Morgan fingerprint density at radius 1 is 1.75 bits per heavy atom. The van der Waals surface area contributed by atoms with Crippen LogP contribution in [0.2, 0.25) is 0 Å². The summed E-state index contributed by atoms with van der Waals surface area (Å²) in [5, 5.41) is 4.74. The highest BCUT2D eigenvalue weighted by Crippen LogP contribution is 2.13. The fraction of sp³-hybridized carbons (Fsp3) is 0.600. The highest BCUT2D eigenvalue weighted by molar-refractivity contribution is 9.09. The minimum absolute atomic E-state index is 0.0286. The summed E-state index contributed by atoms with van der Waals surface area (Å²) in [6, 6.07) is 0.112. The van der Waals surface area contributed by atoms with Crippen LogP contribution in [-0.2, 0) is 11.8 Å². The summed E-state index contributed by atoms with van der Waals surface area (Å²) in [5.74, 6) is 0.0286. The molecule has 2 heterocycles. The smallest absolute Gasteiger partial charge is 0.257 e. The van der Waals surface area contributed by atoms with Gasteiger partial charge in [0.25, 0.3) is 5.91 Å². The molecule has 1 aromatic rings. The van der Waals surface area contributed by atoms with Crippen LogP contribution in [0, 0.1) is 0 Å². The number of carbonyl (C=O) groups excluding carboxylic acids is 1. The summed E-state index contributed by atoms with van der Waals surface area (Å²) >= 11 is 3.40. The monoisotopic (exact) mass is 287 g/mol. The molecule has 88 valence electrons. The van der Waals surface area contributed by atoms with Crippen LogP contribution in [0.5, 0.6) is 0 Å². The molecule has 0 saturated carbocycles. The number of amides is 1. The Kier molecular flexibility index (Phi) is 3.60. The molecule has 0 spiro atoms. The molecule has 6 heteroatoms. The zero-order valence-corrected chi connectivity index (χ0v) is 10.7. The van der Waals surface area contributed by atoms with Gasteiger partial charge in [-0.05, 0) is 0 Å². The first-order valence-electron chi connectivity index (χ1n) is 5.15. The molecular formula is C10H14BrN3O2. The van der Waals surface area contributed by atoms with Crippen molar-refractivity contribution in [2.45, 2.75) is 6.04 Å². The maximum Gasteiger partial charge on any atom is 0.257 e. The van der Waals surface area contributed by atoms with Crippen molar-refractivity contribution in [1.29, 1.82) is 0 Å². The Balaban J connectivity index is 2.13. The zero-order chi connectivity index (χ0) is 11.5. The molecule has 1 aromatic heterocycles. The number of alkyl halides is 1. The maximum atomic E-state index is 12.2. The Morgan fingerprint density at radius 2 is 2.56 bits per heavy atom. The fourth-order valence-electron chi connectivity index (χ4n) is 1.75. The minimum atomic E-state index is 0.0286. The number of aromatic nitrogens is 2. The summed E-state index contributed by atoms with van der Waals surface area (Å²) in [7, 11) is 1.80. The lowest BCUT2D eigenvalue weighted by atomic mass is 10.2. The summed E-state index contributed by atoms with van der Waals surface area (Å²) in [4.78, 5) is 14.0. The molecular weight excluding hydrogens is 274 g/mol. The fourth-order valence-corrected chi connectivity index (χ4v) is 2.28. The van der Waals surface area contributed by atoms with Gasteiger partial charge in [0, 0.05) is 25.1 Å². The summed E-state index contributed by atoms with van der Waals surface area (Å²) in [5.41, 5.74) is 0.635. The van der Waals surface area contributed by atoms with Gasteiger partial charge in [0.1, 0.15) is 0 Å². The van der Waals surface area contributed by atoms with E-state index in [0.29, 0.717) is 25.3 Å². The van der Waals surface area contributed by atoms with E-state index in [1.165, 1.54) is 0 Å². The molecule has 0 aliphatic carbocycles. The first-order valence-corrected chi connectivity index (χ1v) is 6.28. The second-order valence-electron chi connectivity index (χ2n) is 3.78. The van der Waals surface area contributed by atoms with Gasteiger partial charge in [-0.25, -0.2) is 0 Å². The van der Waals surface area contributed by atoms with E-state index in [9.17, 15) is 4.79 Å². The second kappa shape index (κ2) is 4.97. The molecule has 16 heavy (non-hydrogen) atoms. The molecule has 1 amide bonds. The first kappa shape index (κ1) is 11.6. The van der Waals surface area contributed by atoms with Crippen molar-refractivity contribution in [3.63, 3.8) is 0 Å². The van der Waals surface area contributed by atoms with Crippen LogP contribution >= 0.6 is 15.9 Å². The van der Waals surface area contributed by atoms with Gasteiger partial charge < -0.3 is 9.64 Å². The van der Waals surface area contributed by atoms with Crippen molar-refractivity contribution in [3.05, 3.63) is 18.0 Å². The van der Waals surface area contributed by atoms with E-state index in [1.54, 1.807) is 24.1 Å². The SMILES string of the molecule is Cn1cc(C(=O)N2CCOCC2CBr)cn1. The molecule has 0 radical (unpaired) electrons. The van der Waals surface area contributed by atoms with Crippen LogP contribution in [-0.4, -0.2) is 51.7 Å². The molecule has 1 atom stereocenters. The largest absolute Gasteiger partial charge is 0.377 e. The summed E-state index contributed by atoms with van der Waals surface area (Å²) in [6.07, 6.45) is 3.34. The number of hydrogen-bond donors (Lipinski definition) is 0. The minimum Gasteiger partial charge on any atom is -0.377 e. The van der Waals surface area contributed by atoms with Crippen LogP contribution < -0.4 is 0 Å². The van der Waals surface area contributed by atoms with Crippen molar-refractivity contribution in [3.8, 4) is 0 Å². The van der Waals surface area contributed by atoms with E-state index < -0.39 is 0 Å². The highest BCUT2D eigenvalue weighted by atomic mass is 79.9. The van der Waals surface area contributed by atoms with Gasteiger partial charge in [-0.3, -0.25) is 9.48 Å². The van der Waals surface area contributed by atoms with E-state index >= 15 is 0 Å². The summed E-state index contributed by atoms with van der Waals surface area (Å²) < 4.78 is 6.99. The van der Waals surface area contributed by atoms with E-state index in [0.717, 1.165) is 5.33 Å². The average molecular weight is 288 g/mol. The van der Waals surface area contributed by atoms with Crippen molar-refractivity contribution in [2.75, 3.05) is 25.1 Å².